The van der Waals surface area contributed by atoms with Crippen LogP contribution in [0.2, 0.25) is 0 Å². The molecule has 3 heteroatoms. The lowest BCUT2D eigenvalue weighted by Crippen LogP contribution is -2.39. The fourth-order valence-corrected chi connectivity index (χ4v) is 0.657. The first-order chi connectivity index (χ1) is 4.63. The van der Waals surface area contributed by atoms with Gasteiger partial charge in [-0.3, -0.25) is 4.99 Å². The summed E-state index contributed by atoms with van der Waals surface area (Å²) in [5.74, 6) is 0.606. The highest BCUT2D eigenvalue weighted by Gasteiger charge is 2.06. The number of nitrogens with two attached hydrogens (primary N) is 1. The third-order valence-corrected chi connectivity index (χ3v) is 1.84. The van der Waals surface area contributed by atoms with Gasteiger partial charge in [0.2, 0.25) is 0 Å². The lowest BCUT2D eigenvalue weighted by atomic mass is 10.2. The molecule has 1 atom stereocenters. The smallest absolute Gasteiger partial charge is 0.190 e. The van der Waals surface area contributed by atoms with Crippen molar-refractivity contribution in [3.05, 3.63) is 0 Å². The van der Waals surface area contributed by atoms with Gasteiger partial charge in [0.25, 0.3) is 0 Å². The van der Waals surface area contributed by atoms with Crippen molar-refractivity contribution in [2.24, 2.45) is 10.7 Å². The molecule has 0 fully saturated rings. The second kappa shape index (κ2) is 4.14. The molecule has 60 valence electrons. The highest BCUT2D eigenvalue weighted by Crippen LogP contribution is 1.98. The molecular weight excluding hydrogens is 126 g/mol. The van der Waals surface area contributed by atoms with E-state index in [2.05, 4.69) is 18.8 Å². The summed E-state index contributed by atoms with van der Waals surface area (Å²) in [6, 6.07) is 0.476. The number of hydrogen-bond donors (Lipinski definition) is 1. The van der Waals surface area contributed by atoms with E-state index in [-0.39, 0.29) is 0 Å². The summed E-state index contributed by atoms with van der Waals surface area (Å²) < 4.78 is 0. The first-order valence-electron chi connectivity index (χ1n) is 3.58. The molecule has 0 heterocycles. The van der Waals surface area contributed by atoms with Crippen molar-refractivity contribution < 1.29 is 0 Å². The van der Waals surface area contributed by atoms with Crippen molar-refractivity contribution in [3.63, 3.8) is 0 Å². The lowest BCUT2D eigenvalue weighted by molar-refractivity contribution is 0.376. The van der Waals surface area contributed by atoms with Gasteiger partial charge in [-0.25, -0.2) is 0 Å². The maximum Gasteiger partial charge on any atom is 0.190 e. The van der Waals surface area contributed by atoms with Crippen LogP contribution in [-0.2, 0) is 0 Å². The van der Waals surface area contributed by atoms with Crippen LogP contribution < -0.4 is 5.73 Å². The van der Waals surface area contributed by atoms with E-state index < -0.39 is 0 Å². The van der Waals surface area contributed by atoms with Crippen molar-refractivity contribution in [2.45, 2.75) is 26.3 Å². The molecule has 0 saturated carbocycles. The van der Waals surface area contributed by atoms with E-state index in [4.69, 9.17) is 5.73 Å². The monoisotopic (exact) mass is 143 g/mol. The first-order valence-corrected chi connectivity index (χ1v) is 3.58. The molecule has 0 aliphatic rings. The fourth-order valence-electron chi connectivity index (χ4n) is 0.657. The molecule has 0 aromatic heterocycles. The number of nitrogens with zero attached hydrogens (tertiary/aromatic N) is 2. The molecule has 0 aromatic rings. The summed E-state index contributed by atoms with van der Waals surface area (Å²) >= 11 is 0. The van der Waals surface area contributed by atoms with E-state index in [0.717, 1.165) is 6.42 Å². The SMILES string of the molecule is CCC(C)N(C)C(N)=NC. The molecular formula is C7H17N3. The van der Waals surface area contributed by atoms with Crippen molar-refractivity contribution >= 4 is 5.96 Å². The van der Waals surface area contributed by atoms with Crippen molar-refractivity contribution in [1.82, 2.24) is 4.90 Å². The minimum atomic E-state index is 0.476. The zero-order chi connectivity index (χ0) is 8.15. The Kier molecular flexibility index (Phi) is 3.84. The van der Waals surface area contributed by atoms with Crippen LogP contribution in [0.5, 0.6) is 0 Å². The molecule has 0 aromatic carbocycles. The van der Waals surface area contributed by atoms with Crippen LogP contribution in [0.25, 0.3) is 0 Å². The number of hydrogen-bond acceptors (Lipinski definition) is 1. The first kappa shape index (κ1) is 9.27. The van der Waals surface area contributed by atoms with Gasteiger partial charge in [-0.05, 0) is 13.3 Å². The fraction of sp³-hybridized carbons (Fsp3) is 0.857. The van der Waals surface area contributed by atoms with Crippen LogP contribution in [0.1, 0.15) is 20.3 Å². The Morgan fingerprint density at radius 3 is 2.50 bits per heavy atom. The Balaban J connectivity index is 3.94. The third-order valence-electron chi connectivity index (χ3n) is 1.84. The second-order valence-corrected chi connectivity index (χ2v) is 2.45. The van der Waals surface area contributed by atoms with Gasteiger partial charge < -0.3 is 10.6 Å². The highest BCUT2D eigenvalue weighted by atomic mass is 15.2. The Morgan fingerprint density at radius 2 is 2.20 bits per heavy atom. The molecule has 2 N–H and O–H groups in total. The van der Waals surface area contributed by atoms with E-state index in [9.17, 15) is 0 Å². The van der Waals surface area contributed by atoms with Gasteiger partial charge in [-0.15, -0.1) is 0 Å². The molecule has 0 saturated heterocycles. The van der Waals surface area contributed by atoms with Gasteiger partial charge in [-0.2, -0.15) is 0 Å². The Hall–Kier alpha value is -0.730. The van der Waals surface area contributed by atoms with E-state index in [0.29, 0.717) is 12.0 Å². The Morgan fingerprint density at radius 1 is 1.70 bits per heavy atom. The Labute approximate surface area is 62.9 Å². The molecule has 1 unspecified atom stereocenters. The summed E-state index contributed by atoms with van der Waals surface area (Å²) in [5, 5.41) is 0. The van der Waals surface area contributed by atoms with Crippen molar-refractivity contribution in [1.29, 1.82) is 0 Å². The predicted octanol–water partition coefficient (Wildman–Crippen LogP) is 0.661. The van der Waals surface area contributed by atoms with E-state index >= 15 is 0 Å². The van der Waals surface area contributed by atoms with Gasteiger partial charge >= 0.3 is 0 Å². The average molecular weight is 143 g/mol. The lowest BCUT2D eigenvalue weighted by Gasteiger charge is -2.24. The van der Waals surface area contributed by atoms with Gasteiger partial charge in [-0.1, -0.05) is 6.92 Å². The van der Waals surface area contributed by atoms with Gasteiger partial charge in [0.15, 0.2) is 5.96 Å². The summed E-state index contributed by atoms with van der Waals surface area (Å²) in [7, 11) is 3.66. The molecule has 0 radical (unpaired) electrons. The second-order valence-electron chi connectivity index (χ2n) is 2.45. The zero-order valence-corrected chi connectivity index (χ0v) is 7.26. The molecule has 0 amide bonds. The average Bonchev–Trinajstić information content (AvgIpc) is 2.00. The molecule has 0 rings (SSSR count). The van der Waals surface area contributed by atoms with Crippen LogP contribution in [0.4, 0.5) is 0 Å². The van der Waals surface area contributed by atoms with E-state index in [1.807, 2.05) is 11.9 Å². The van der Waals surface area contributed by atoms with Gasteiger partial charge in [0.1, 0.15) is 0 Å². The largest absolute Gasteiger partial charge is 0.370 e. The maximum atomic E-state index is 5.57. The van der Waals surface area contributed by atoms with E-state index in [1.165, 1.54) is 0 Å². The third kappa shape index (κ3) is 2.25. The van der Waals surface area contributed by atoms with Crippen LogP contribution >= 0.6 is 0 Å². The number of aliphatic imine (C=N–C) groups is 1. The quantitative estimate of drug-likeness (QED) is 0.456. The van der Waals surface area contributed by atoms with Crippen LogP contribution in [-0.4, -0.2) is 31.0 Å². The summed E-state index contributed by atoms with van der Waals surface area (Å²) in [5.41, 5.74) is 5.57. The minimum Gasteiger partial charge on any atom is -0.370 e. The van der Waals surface area contributed by atoms with Crippen molar-refractivity contribution in [3.8, 4) is 0 Å². The summed E-state index contributed by atoms with van der Waals surface area (Å²) in [6.45, 7) is 4.25. The van der Waals surface area contributed by atoms with E-state index in [1.54, 1.807) is 7.05 Å². The number of guanidine groups is 1. The molecule has 0 aliphatic carbocycles. The number of rotatable bonds is 2. The Bertz CT molecular complexity index is 120. The van der Waals surface area contributed by atoms with Gasteiger partial charge in [0, 0.05) is 20.1 Å². The topological polar surface area (TPSA) is 41.6 Å². The normalized spacial score (nSPS) is 15.0. The molecule has 3 nitrogen and oxygen atoms in total. The molecule has 0 bridgehead atoms. The summed E-state index contributed by atoms with van der Waals surface area (Å²) in [6.07, 6.45) is 1.09. The predicted molar refractivity (Wildman–Crippen MR) is 45.1 cm³/mol. The highest BCUT2D eigenvalue weighted by molar-refractivity contribution is 5.77. The molecule has 0 spiro atoms. The minimum absolute atomic E-state index is 0.476. The van der Waals surface area contributed by atoms with Gasteiger partial charge in [0.05, 0.1) is 0 Å². The molecule has 0 aliphatic heterocycles. The maximum absolute atomic E-state index is 5.57. The zero-order valence-electron chi connectivity index (χ0n) is 7.26. The summed E-state index contributed by atoms with van der Waals surface area (Å²) in [4.78, 5) is 5.85. The van der Waals surface area contributed by atoms with Crippen LogP contribution in [0.15, 0.2) is 4.99 Å². The standard InChI is InChI=1S/C7H17N3/c1-5-6(2)10(4)7(8)9-3/h6H,5H2,1-4H3,(H2,8,9). The van der Waals surface area contributed by atoms with Crippen molar-refractivity contribution in [2.75, 3.05) is 14.1 Å². The van der Waals surface area contributed by atoms with Crippen LogP contribution in [0.3, 0.4) is 0 Å². The van der Waals surface area contributed by atoms with Crippen LogP contribution in [0, 0.1) is 0 Å². The molecule has 10 heavy (non-hydrogen) atoms.